The van der Waals surface area contributed by atoms with Crippen molar-refractivity contribution >= 4 is 11.8 Å². The summed E-state index contributed by atoms with van der Waals surface area (Å²) in [6.45, 7) is 0.158. The number of rotatable bonds is 4. The number of aromatic carboxylic acids is 1. The lowest BCUT2D eigenvalue weighted by Gasteiger charge is -2.33. The Morgan fingerprint density at radius 1 is 1.29 bits per heavy atom. The third-order valence-corrected chi connectivity index (χ3v) is 3.75. The van der Waals surface area contributed by atoms with Crippen LogP contribution in [-0.4, -0.2) is 33.8 Å². The SMILES string of the molecule is O=C(O)c1cnc(NCC2CCCCC2C(F)(F)F)cn1. The summed E-state index contributed by atoms with van der Waals surface area (Å²) in [6, 6.07) is 0. The quantitative estimate of drug-likeness (QED) is 0.894. The lowest BCUT2D eigenvalue weighted by Crippen LogP contribution is -2.36. The van der Waals surface area contributed by atoms with Gasteiger partial charge in [-0.1, -0.05) is 12.8 Å². The number of alkyl halides is 3. The van der Waals surface area contributed by atoms with Crippen LogP contribution in [0.5, 0.6) is 0 Å². The van der Waals surface area contributed by atoms with E-state index in [1.54, 1.807) is 0 Å². The van der Waals surface area contributed by atoms with Gasteiger partial charge in [0.2, 0.25) is 0 Å². The van der Waals surface area contributed by atoms with Gasteiger partial charge in [0.05, 0.1) is 18.3 Å². The molecular formula is C13H16F3N3O2. The van der Waals surface area contributed by atoms with E-state index in [2.05, 4.69) is 15.3 Å². The first-order valence-corrected chi connectivity index (χ1v) is 6.74. The van der Waals surface area contributed by atoms with E-state index >= 15 is 0 Å². The highest BCUT2D eigenvalue weighted by Gasteiger charge is 2.45. The summed E-state index contributed by atoms with van der Waals surface area (Å²) in [7, 11) is 0. The third kappa shape index (κ3) is 4.05. The van der Waals surface area contributed by atoms with Crippen molar-refractivity contribution in [1.29, 1.82) is 0 Å². The number of carbonyl (C=O) groups is 1. The highest BCUT2D eigenvalue weighted by Crippen LogP contribution is 2.41. The normalized spacial score (nSPS) is 22.8. The van der Waals surface area contributed by atoms with E-state index in [-0.39, 0.29) is 24.5 Å². The smallest absolute Gasteiger partial charge is 0.392 e. The molecule has 0 aromatic carbocycles. The molecule has 8 heteroatoms. The number of halogens is 3. The average Bonchev–Trinajstić information content (AvgIpc) is 2.45. The molecular weight excluding hydrogens is 287 g/mol. The van der Waals surface area contributed by atoms with Gasteiger partial charge < -0.3 is 10.4 Å². The van der Waals surface area contributed by atoms with E-state index in [1.165, 1.54) is 6.20 Å². The average molecular weight is 303 g/mol. The van der Waals surface area contributed by atoms with Gasteiger partial charge in [-0.25, -0.2) is 14.8 Å². The number of aromatic nitrogens is 2. The Morgan fingerprint density at radius 2 is 2.00 bits per heavy atom. The number of hydrogen-bond donors (Lipinski definition) is 2. The fraction of sp³-hybridized carbons (Fsp3) is 0.615. The summed E-state index contributed by atoms with van der Waals surface area (Å²) in [6.07, 6.45) is 0.209. The monoisotopic (exact) mass is 303 g/mol. The Bertz CT molecular complexity index is 490. The Kier molecular flexibility index (Phi) is 4.64. The van der Waals surface area contributed by atoms with Crippen molar-refractivity contribution in [3.8, 4) is 0 Å². The number of nitrogens with one attached hydrogen (secondary N) is 1. The van der Waals surface area contributed by atoms with Crippen LogP contribution in [0.2, 0.25) is 0 Å². The van der Waals surface area contributed by atoms with Crippen LogP contribution in [0.1, 0.15) is 36.2 Å². The van der Waals surface area contributed by atoms with Gasteiger partial charge in [-0.05, 0) is 18.8 Å². The van der Waals surface area contributed by atoms with Crippen molar-refractivity contribution in [2.45, 2.75) is 31.9 Å². The number of carboxylic acids is 1. The Labute approximate surface area is 119 Å². The molecule has 2 unspecified atom stereocenters. The fourth-order valence-electron chi connectivity index (χ4n) is 2.65. The minimum absolute atomic E-state index is 0.158. The minimum atomic E-state index is -4.17. The molecule has 116 valence electrons. The second-order valence-corrected chi connectivity index (χ2v) is 5.17. The summed E-state index contributed by atoms with van der Waals surface area (Å²) >= 11 is 0. The second-order valence-electron chi connectivity index (χ2n) is 5.17. The first kappa shape index (κ1) is 15.5. The van der Waals surface area contributed by atoms with Crippen LogP contribution in [0.3, 0.4) is 0 Å². The van der Waals surface area contributed by atoms with Gasteiger partial charge in [0, 0.05) is 6.54 Å². The molecule has 0 bridgehead atoms. The van der Waals surface area contributed by atoms with Crippen molar-refractivity contribution in [1.82, 2.24) is 9.97 Å². The van der Waals surface area contributed by atoms with E-state index in [0.717, 1.165) is 12.6 Å². The molecule has 2 rings (SSSR count). The number of carboxylic acid groups (broad SMARTS) is 1. The predicted octanol–water partition coefficient (Wildman–Crippen LogP) is 2.96. The Hall–Kier alpha value is -1.86. The zero-order chi connectivity index (χ0) is 15.5. The number of hydrogen-bond acceptors (Lipinski definition) is 4. The summed E-state index contributed by atoms with van der Waals surface area (Å²) in [5.74, 6) is -2.69. The molecule has 1 saturated carbocycles. The molecule has 21 heavy (non-hydrogen) atoms. The van der Waals surface area contributed by atoms with E-state index in [0.29, 0.717) is 12.8 Å². The lowest BCUT2D eigenvalue weighted by molar-refractivity contribution is -0.194. The zero-order valence-corrected chi connectivity index (χ0v) is 11.2. The zero-order valence-electron chi connectivity index (χ0n) is 11.2. The van der Waals surface area contributed by atoms with Crippen LogP contribution in [0.25, 0.3) is 0 Å². The molecule has 2 atom stereocenters. The van der Waals surface area contributed by atoms with Gasteiger partial charge in [-0.15, -0.1) is 0 Å². The van der Waals surface area contributed by atoms with Crippen LogP contribution in [-0.2, 0) is 0 Å². The molecule has 1 heterocycles. The van der Waals surface area contributed by atoms with Crippen LogP contribution < -0.4 is 5.32 Å². The fourth-order valence-corrected chi connectivity index (χ4v) is 2.65. The summed E-state index contributed by atoms with van der Waals surface area (Å²) in [5.41, 5.74) is -0.202. The van der Waals surface area contributed by atoms with Gasteiger partial charge in [0.1, 0.15) is 5.82 Å². The molecule has 1 aliphatic carbocycles. The first-order valence-electron chi connectivity index (χ1n) is 6.74. The summed E-state index contributed by atoms with van der Waals surface area (Å²) < 4.78 is 38.8. The van der Waals surface area contributed by atoms with Gasteiger partial charge in [-0.2, -0.15) is 13.2 Å². The van der Waals surface area contributed by atoms with E-state index < -0.39 is 24.0 Å². The van der Waals surface area contributed by atoms with Crippen LogP contribution in [0.15, 0.2) is 12.4 Å². The van der Waals surface area contributed by atoms with Gasteiger partial charge in [0.15, 0.2) is 5.69 Å². The van der Waals surface area contributed by atoms with Crippen LogP contribution >= 0.6 is 0 Å². The lowest BCUT2D eigenvalue weighted by atomic mass is 9.79. The summed E-state index contributed by atoms with van der Waals surface area (Å²) in [5, 5.41) is 11.5. The van der Waals surface area contributed by atoms with Gasteiger partial charge >= 0.3 is 12.1 Å². The number of nitrogens with zero attached hydrogens (tertiary/aromatic N) is 2. The van der Waals surface area contributed by atoms with Crippen molar-refractivity contribution in [3.63, 3.8) is 0 Å². The minimum Gasteiger partial charge on any atom is -0.476 e. The topological polar surface area (TPSA) is 75.1 Å². The van der Waals surface area contributed by atoms with Crippen molar-refractivity contribution in [2.75, 3.05) is 11.9 Å². The second kappa shape index (κ2) is 6.28. The molecule has 0 radical (unpaired) electrons. The molecule has 5 nitrogen and oxygen atoms in total. The standard InChI is InChI=1S/C13H16F3N3O2/c14-13(15,16)9-4-2-1-3-8(9)5-18-11-7-17-10(6-19-11)12(20)21/h6-9H,1-5H2,(H,18,19)(H,20,21). The molecule has 0 aliphatic heterocycles. The maximum absolute atomic E-state index is 12.9. The van der Waals surface area contributed by atoms with Gasteiger partial charge in [0.25, 0.3) is 0 Å². The van der Waals surface area contributed by atoms with E-state index in [9.17, 15) is 18.0 Å². The van der Waals surface area contributed by atoms with Crippen LogP contribution in [0, 0.1) is 11.8 Å². The molecule has 0 amide bonds. The maximum Gasteiger partial charge on any atom is 0.392 e. The molecule has 0 saturated heterocycles. The predicted molar refractivity (Wildman–Crippen MR) is 69.0 cm³/mol. The first-order chi connectivity index (χ1) is 9.88. The molecule has 1 aromatic heterocycles. The highest BCUT2D eigenvalue weighted by molar-refractivity contribution is 5.84. The van der Waals surface area contributed by atoms with Crippen LogP contribution in [0.4, 0.5) is 19.0 Å². The molecule has 1 fully saturated rings. The Balaban J connectivity index is 1.96. The largest absolute Gasteiger partial charge is 0.476 e. The van der Waals surface area contributed by atoms with Crippen molar-refractivity contribution in [2.24, 2.45) is 11.8 Å². The van der Waals surface area contributed by atoms with E-state index in [1.807, 2.05) is 0 Å². The molecule has 0 spiro atoms. The van der Waals surface area contributed by atoms with Crippen molar-refractivity contribution in [3.05, 3.63) is 18.1 Å². The molecule has 1 aromatic rings. The maximum atomic E-state index is 12.9. The number of anilines is 1. The molecule has 2 N–H and O–H groups in total. The van der Waals surface area contributed by atoms with Gasteiger partial charge in [-0.3, -0.25) is 0 Å². The third-order valence-electron chi connectivity index (χ3n) is 3.75. The van der Waals surface area contributed by atoms with Crippen molar-refractivity contribution < 1.29 is 23.1 Å². The highest BCUT2D eigenvalue weighted by atomic mass is 19.4. The Morgan fingerprint density at radius 3 is 2.57 bits per heavy atom. The van der Waals surface area contributed by atoms with E-state index in [4.69, 9.17) is 5.11 Å². The molecule has 1 aliphatic rings. The summed E-state index contributed by atoms with van der Waals surface area (Å²) in [4.78, 5) is 18.1.